The second kappa shape index (κ2) is 3.59. The predicted molar refractivity (Wildman–Crippen MR) is 51.8 cm³/mol. The van der Waals surface area contributed by atoms with E-state index in [0.717, 1.165) is 6.42 Å². The van der Waals surface area contributed by atoms with E-state index in [1.165, 1.54) is 4.90 Å². The van der Waals surface area contributed by atoms with E-state index in [1.54, 1.807) is 0 Å². The zero-order valence-corrected chi connectivity index (χ0v) is 8.91. The van der Waals surface area contributed by atoms with Crippen molar-refractivity contribution in [1.29, 1.82) is 0 Å². The van der Waals surface area contributed by atoms with Crippen molar-refractivity contribution >= 4 is 11.9 Å². The topological polar surface area (TPSA) is 57.6 Å². The van der Waals surface area contributed by atoms with Gasteiger partial charge in [-0.2, -0.15) is 0 Å². The molecular weight excluding hydrogens is 182 g/mol. The molecule has 4 heteroatoms. The number of nitrogens with zero attached hydrogens (tertiary/aromatic N) is 1. The predicted octanol–water partition coefficient (Wildman–Crippen LogP) is 0.966. The highest BCUT2D eigenvalue weighted by molar-refractivity contribution is 6.31. The molecule has 0 bridgehead atoms. The summed E-state index contributed by atoms with van der Waals surface area (Å²) < 4.78 is 0. The molecule has 0 radical (unpaired) electrons. The van der Waals surface area contributed by atoms with Crippen LogP contribution in [0.5, 0.6) is 0 Å². The van der Waals surface area contributed by atoms with E-state index >= 15 is 0 Å². The number of piperidine rings is 1. The average molecular weight is 199 g/mol. The molecular formula is C10H17NO3. The third-order valence-corrected chi connectivity index (χ3v) is 2.52. The number of hydrogen-bond donors (Lipinski definition) is 1. The molecule has 0 aromatic carbocycles. The summed E-state index contributed by atoms with van der Waals surface area (Å²) in [6.45, 7) is 7.27. The summed E-state index contributed by atoms with van der Waals surface area (Å²) in [4.78, 5) is 23.2. The first-order valence-electron chi connectivity index (χ1n) is 4.84. The van der Waals surface area contributed by atoms with Gasteiger partial charge in [-0.25, -0.2) is 4.79 Å². The molecule has 0 aliphatic carbocycles. The summed E-state index contributed by atoms with van der Waals surface area (Å²) in [6, 6.07) is 0. The van der Waals surface area contributed by atoms with Gasteiger partial charge in [-0.3, -0.25) is 4.79 Å². The largest absolute Gasteiger partial charge is 0.474 e. The van der Waals surface area contributed by atoms with Crippen LogP contribution < -0.4 is 0 Å². The number of rotatable bonds is 0. The second-order valence-corrected chi connectivity index (χ2v) is 4.96. The van der Waals surface area contributed by atoms with Gasteiger partial charge in [0.25, 0.3) is 0 Å². The number of carbonyl (C=O) groups excluding carboxylic acids is 1. The van der Waals surface area contributed by atoms with E-state index in [-0.39, 0.29) is 5.41 Å². The minimum absolute atomic E-state index is 0.0305. The van der Waals surface area contributed by atoms with Gasteiger partial charge in [-0.1, -0.05) is 20.8 Å². The Kier molecular flexibility index (Phi) is 2.83. The van der Waals surface area contributed by atoms with Gasteiger partial charge >= 0.3 is 11.9 Å². The first kappa shape index (κ1) is 11.0. The lowest BCUT2D eigenvalue weighted by Crippen LogP contribution is -2.49. The molecule has 1 amide bonds. The maximum atomic E-state index is 11.3. The van der Waals surface area contributed by atoms with Gasteiger partial charge in [0.2, 0.25) is 0 Å². The fourth-order valence-electron chi connectivity index (χ4n) is 2.32. The Labute approximate surface area is 83.9 Å². The molecule has 0 aromatic heterocycles. The molecule has 0 aromatic rings. The van der Waals surface area contributed by atoms with Crippen LogP contribution in [0, 0.1) is 11.3 Å². The monoisotopic (exact) mass is 199 g/mol. The summed E-state index contributed by atoms with van der Waals surface area (Å²) in [6.07, 6.45) is 1.04. The van der Waals surface area contributed by atoms with Gasteiger partial charge in [0.15, 0.2) is 0 Å². The molecule has 1 aliphatic rings. The zero-order valence-electron chi connectivity index (χ0n) is 8.91. The van der Waals surface area contributed by atoms with Crippen molar-refractivity contribution < 1.29 is 14.7 Å². The van der Waals surface area contributed by atoms with Gasteiger partial charge in [0.05, 0.1) is 0 Å². The Morgan fingerprint density at radius 2 is 2.00 bits per heavy atom. The molecule has 1 fully saturated rings. The third-order valence-electron chi connectivity index (χ3n) is 2.52. The molecule has 1 unspecified atom stereocenters. The second-order valence-electron chi connectivity index (χ2n) is 4.96. The number of carboxylic acids is 1. The van der Waals surface area contributed by atoms with Crippen LogP contribution in [0.15, 0.2) is 0 Å². The summed E-state index contributed by atoms with van der Waals surface area (Å²) in [5, 5.41) is 8.60. The molecule has 0 spiro atoms. The van der Waals surface area contributed by atoms with Crippen molar-refractivity contribution in [3.05, 3.63) is 0 Å². The molecule has 1 saturated heterocycles. The molecule has 4 nitrogen and oxygen atoms in total. The lowest BCUT2D eigenvalue weighted by atomic mass is 9.79. The number of likely N-dealkylation sites (tertiary alicyclic amines) is 1. The Hall–Kier alpha value is -1.06. The highest BCUT2D eigenvalue weighted by atomic mass is 16.4. The molecule has 0 saturated carbocycles. The summed E-state index contributed by atoms with van der Waals surface area (Å²) in [5.74, 6) is -1.75. The van der Waals surface area contributed by atoms with Crippen molar-refractivity contribution in [2.75, 3.05) is 13.1 Å². The Morgan fingerprint density at radius 3 is 2.43 bits per heavy atom. The van der Waals surface area contributed by atoms with Crippen LogP contribution in [0.3, 0.4) is 0 Å². The van der Waals surface area contributed by atoms with E-state index in [4.69, 9.17) is 5.11 Å². The van der Waals surface area contributed by atoms with Gasteiger partial charge in [0, 0.05) is 13.1 Å². The Balaban J connectivity index is 2.72. The van der Waals surface area contributed by atoms with Crippen LogP contribution >= 0.6 is 0 Å². The van der Waals surface area contributed by atoms with Gasteiger partial charge < -0.3 is 10.0 Å². The van der Waals surface area contributed by atoms with Crippen LogP contribution in [0.25, 0.3) is 0 Å². The standard InChI is InChI=1S/C10H17NO3/c1-7-4-10(2,3)6-11(5-7)8(12)9(13)14/h7H,4-6H2,1-3H3,(H,13,14). The minimum atomic E-state index is -1.35. The van der Waals surface area contributed by atoms with E-state index in [1.807, 2.05) is 6.92 Å². The summed E-state index contributed by atoms with van der Waals surface area (Å²) in [5.41, 5.74) is 0.0305. The number of carboxylic acid groups (broad SMARTS) is 1. The fraction of sp³-hybridized carbons (Fsp3) is 0.800. The van der Waals surface area contributed by atoms with Crippen molar-refractivity contribution in [3.8, 4) is 0 Å². The highest BCUT2D eigenvalue weighted by Gasteiger charge is 2.34. The molecule has 1 atom stereocenters. The van der Waals surface area contributed by atoms with E-state index in [9.17, 15) is 9.59 Å². The quantitative estimate of drug-likeness (QED) is 0.591. The normalized spacial score (nSPS) is 25.9. The molecule has 1 aliphatic heterocycles. The van der Waals surface area contributed by atoms with Crippen LogP contribution in [0.1, 0.15) is 27.2 Å². The molecule has 1 heterocycles. The number of amides is 1. The van der Waals surface area contributed by atoms with Crippen molar-refractivity contribution in [3.63, 3.8) is 0 Å². The number of aliphatic carboxylic acids is 1. The Morgan fingerprint density at radius 1 is 1.43 bits per heavy atom. The van der Waals surface area contributed by atoms with Crippen molar-refractivity contribution in [2.24, 2.45) is 11.3 Å². The zero-order chi connectivity index (χ0) is 10.9. The fourth-order valence-corrected chi connectivity index (χ4v) is 2.32. The number of hydrogen-bond acceptors (Lipinski definition) is 2. The first-order chi connectivity index (χ1) is 6.32. The first-order valence-corrected chi connectivity index (χ1v) is 4.84. The molecule has 1 rings (SSSR count). The highest BCUT2D eigenvalue weighted by Crippen LogP contribution is 2.31. The molecule has 80 valence electrons. The van der Waals surface area contributed by atoms with E-state index in [0.29, 0.717) is 19.0 Å². The molecule has 14 heavy (non-hydrogen) atoms. The molecule has 1 N–H and O–H groups in total. The van der Waals surface area contributed by atoms with E-state index < -0.39 is 11.9 Å². The van der Waals surface area contributed by atoms with Gasteiger partial charge in [0.1, 0.15) is 0 Å². The smallest absolute Gasteiger partial charge is 0.394 e. The maximum Gasteiger partial charge on any atom is 0.394 e. The average Bonchev–Trinajstić information content (AvgIpc) is 1.98. The van der Waals surface area contributed by atoms with Crippen LogP contribution in [0.4, 0.5) is 0 Å². The van der Waals surface area contributed by atoms with Crippen LogP contribution in [-0.4, -0.2) is 35.0 Å². The third kappa shape index (κ3) is 2.47. The van der Waals surface area contributed by atoms with Crippen LogP contribution in [0.2, 0.25) is 0 Å². The summed E-state index contributed by atoms with van der Waals surface area (Å²) >= 11 is 0. The lowest BCUT2D eigenvalue weighted by Gasteiger charge is -2.40. The van der Waals surface area contributed by atoms with Crippen molar-refractivity contribution in [2.45, 2.75) is 27.2 Å². The maximum absolute atomic E-state index is 11.3. The summed E-state index contributed by atoms with van der Waals surface area (Å²) in [7, 11) is 0. The lowest BCUT2D eigenvalue weighted by molar-refractivity contribution is -0.158. The minimum Gasteiger partial charge on any atom is -0.474 e. The van der Waals surface area contributed by atoms with E-state index in [2.05, 4.69) is 13.8 Å². The number of carbonyl (C=O) groups is 2. The SMILES string of the molecule is CC1CN(C(=O)C(=O)O)CC(C)(C)C1. The van der Waals surface area contributed by atoms with Gasteiger partial charge in [-0.05, 0) is 17.8 Å². The Bertz CT molecular complexity index is 260. The van der Waals surface area contributed by atoms with Crippen molar-refractivity contribution in [1.82, 2.24) is 4.90 Å². The van der Waals surface area contributed by atoms with Gasteiger partial charge in [-0.15, -0.1) is 0 Å². The van der Waals surface area contributed by atoms with Crippen LogP contribution in [-0.2, 0) is 9.59 Å².